The number of aromatic amines is 2. The van der Waals surface area contributed by atoms with Gasteiger partial charge in [-0.3, -0.25) is 9.11 Å². The van der Waals surface area contributed by atoms with E-state index in [-0.39, 0.29) is 45.6 Å². The van der Waals surface area contributed by atoms with Crippen LogP contribution in [-0.4, -0.2) is 65.8 Å². The lowest BCUT2D eigenvalue weighted by Crippen LogP contribution is -2.01. The number of rotatable bonds is 2. The summed E-state index contributed by atoms with van der Waals surface area (Å²) in [4.78, 5) is 33.9. The Morgan fingerprint density at radius 1 is 0.417 bits per heavy atom. The van der Waals surface area contributed by atoms with Crippen LogP contribution < -0.4 is 0 Å². The summed E-state index contributed by atoms with van der Waals surface area (Å²) in [7, 11) is -9.48. The summed E-state index contributed by atoms with van der Waals surface area (Å²) in [6, 6.07) is 23.2. The Morgan fingerprint density at radius 3 is 1.15 bits per heavy atom. The zero-order chi connectivity index (χ0) is 32.9. The maximum absolute atomic E-state index is 12.6. The zero-order valence-corrected chi connectivity index (χ0v) is 25.7. The monoisotopic (exact) mass is 674 g/mol. The van der Waals surface area contributed by atoms with Crippen LogP contribution in [0.25, 0.3) is 89.7 Å². The molecule has 0 aliphatic carbocycles. The molecule has 0 fully saturated rings. The highest BCUT2D eigenvalue weighted by Gasteiger charge is 2.31. The van der Waals surface area contributed by atoms with Gasteiger partial charge in [-0.1, -0.05) is 72.8 Å². The summed E-state index contributed by atoms with van der Waals surface area (Å²) in [5.41, 5.74) is 1.99. The Kier molecular flexibility index (Phi) is 5.77. The van der Waals surface area contributed by atoms with Crippen LogP contribution in [0.15, 0.2) is 94.7 Å². The Labute approximate surface area is 269 Å². The lowest BCUT2D eigenvalue weighted by atomic mass is 10.1. The van der Waals surface area contributed by atoms with Crippen LogP contribution in [0.5, 0.6) is 0 Å². The second-order valence-electron chi connectivity index (χ2n) is 11.0. The summed E-state index contributed by atoms with van der Waals surface area (Å²) in [6.07, 6.45) is 0. The minimum Gasteiger partial charge on any atom is -0.324 e. The molecule has 0 saturated carbocycles. The van der Waals surface area contributed by atoms with Gasteiger partial charge in [-0.15, -0.1) is 0 Å². The number of nitrogens with one attached hydrogen (secondary N) is 2. The fourth-order valence-electron chi connectivity index (χ4n) is 6.15. The van der Waals surface area contributed by atoms with E-state index in [2.05, 4.69) is 24.9 Å². The molecular weight excluding hydrogens is 657 g/mol. The quantitative estimate of drug-likeness (QED) is 0.170. The molecule has 0 atom stereocenters. The number of hydrogen-bond donors (Lipinski definition) is 4. The summed E-state index contributed by atoms with van der Waals surface area (Å²) < 4.78 is 70.6. The largest absolute Gasteiger partial charge is 0.324 e. The fourth-order valence-corrected chi connectivity index (χ4v) is 7.57. The van der Waals surface area contributed by atoms with Gasteiger partial charge < -0.3 is 9.97 Å². The van der Waals surface area contributed by atoms with E-state index >= 15 is 0 Å². The van der Waals surface area contributed by atoms with Gasteiger partial charge in [-0.05, 0) is 12.1 Å². The molecule has 48 heavy (non-hydrogen) atoms. The molecule has 3 aromatic heterocycles. The van der Waals surface area contributed by atoms with Crippen molar-refractivity contribution in [3.63, 3.8) is 0 Å². The van der Waals surface area contributed by atoms with Crippen LogP contribution in [0.4, 0.5) is 0 Å². The van der Waals surface area contributed by atoms with Gasteiger partial charge in [0.25, 0.3) is 20.2 Å². The van der Waals surface area contributed by atoms with E-state index in [0.717, 1.165) is 0 Å². The molecule has 0 amide bonds. The number of fused-ring (bicyclic) bond motifs is 20. The highest BCUT2D eigenvalue weighted by molar-refractivity contribution is 7.86. The highest BCUT2D eigenvalue weighted by Crippen LogP contribution is 2.42. The first-order valence-corrected chi connectivity index (χ1v) is 17.1. The average Bonchev–Trinajstić information content (AvgIpc) is 3.79. The zero-order valence-electron chi connectivity index (χ0n) is 24.1. The first kappa shape index (κ1) is 28.3. The van der Waals surface area contributed by atoms with Gasteiger partial charge in [0, 0.05) is 32.7 Å². The molecule has 5 heterocycles. The van der Waals surface area contributed by atoms with Gasteiger partial charge in [-0.2, -0.15) is 16.8 Å². The molecule has 7 aromatic rings. The maximum Gasteiger partial charge on any atom is 0.295 e. The van der Waals surface area contributed by atoms with Crippen LogP contribution in [0.2, 0.25) is 0 Å². The molecule has 0 saturated heterocycles. The van der Waals surface area contributed by atoms with E-state index in [1.807, 2.05) is 48.5 Å². The van der Waals surface area contributed by atoms with Crippen molar-refractivity contribution in [3.05, 3.63) is 84.9 Å². The van der Waals surface area contributed by atoms with Gasteiger partial charge in [0.1, 0.15) is 32.4 Å². The molecule has 0 spiro atoms. The van der Waals surface area contributed by atoms with Crippen molar-refractivity contribution in [1.29, 1.82) is 0 Å². The topological polar surface area (TPSA) is 218 Å². The third kappa shape index (κ3) is 4.24. The smallest absolute Gasteiger partial charge is 0.295 e. The predicted octanol–water partition coefficient (Wildman–Crippen LogP) is 5.36. The number of aromatic nitrogens is 8. The Morgan fingerprint density at radius 2 is 0.771 bits per heavy atom. The summed E-state index contributed by atoms with van der Waals surface area (Å²) in [6.45, 7) is 0. The van der Waals surface area contributed by atoms with Crippen LogP contribution in [0, 0.1) is 0 Å². The van der Waals surface area contributed by atoms with E-state index in [9.17, 15) is 25.9 Å². The molecule has 4 aromatic carbocycles. The van der Waals surface area contributed by atoms with E-state index in [1.54, 1.807) is 12.1 Å². The van der Waals surface area contributed by atoms with Gasteiger partial charge >= 0.3 is 0 Å². The van der Waals surface area contributed by atoms with Crippen molar-refractivity contribution < 1.29 is 25.9 Å². The van der Waals surface area contributed by atoms with Crippen LogP contribution in [-0.2, 0) is 20.2 Å². The van der Waals surface area contributed by atoms with Gasteiger partial charge in [0.05, 0.1) is 11.1 Å². The Balaban J connectivity index is 1.53. The normalized spacial score (nSPS) is 12.7. The number of nitrogens with zero attached hydrogens (tertiary/aromatic N) is 6. The van der Waals surface area contributed by atoms with Crippen LogP contribution in [0.3, 0.4) is 0 Å². The molecule has 9 rings (SSSR count). The first-order chi connectivity index (χ1) is 23.0. The molecule has 2 aliphatic heterocycles. The van der Waals surface area contributed by atoms with Crippen LogP contribution >= 0.6 is 0 Å². The van der Waals surface area contributed by atoms with Gasteiger partial charge in [0.2, 0.25) is 0 Å². The standard InChI is InChI=1S/C32H18N8O6S2/c41-47(42,43)21-13-5-11-19-23(21)31-37-27-17-9-3-1-7-15(17)25(34-27)33-26-16-8-2-4-10-18(16)28(35-26)38-32-24-20(30(40-32)36-29(19)39-31)12-6-14-22(24)48(44,45)46/h1-14H,(H,41,42,43)(H,44,45,46)(H2,33,34,35,36,37,38,39,40). The van der Waals surface area contributed by atoms with Crippen molar-refractivity contribution >= 4 is 64.4 Å². The van der Waals surface area contributed by atoms with Gasteiger partial charge in [-0.25, -0.2) is 29.9 Å². The minimum atomic E-state index is -4.74. The Bertz CT molecular complexity index is 2780. The SMILES string of the molecule is O=S(=O)(O)c1cccc2c1-c1nc-2nc2nc(nc3[nH]c(nc4[nH]c(n1)c1ccccc41)c1ccccc31)-c1c-2cccc1S(=O)(=O)O. The maximum atomic E-state index is 12.6. The number of benzene rings is 4. The molecule has 2 aliphatic rings. The first-order valence-electron chi connectivity index (χ1n) is 14.3. The third-order valence-corrected chi connectivity index (χ3v) is 9.97. The van der Waals surface area contributed by atoms with E-state index in [4.69, 9.17) is 15.0 Å². The molecular formula is C32H18N8O6S2. The molecule has 4 N–H and O–H groups in total. The second-order valence-corrected chi connectivity index (χ2v) is 13.8. The Hall–Kier alpha value is -5.94. The van der Waals surface area contributed by atoms with E-state index in [0.29, 0.717) is 44.1 Å². The van der Waals surface area contributed by atoms with Crippen molar-refractivity contribution in [2.75, 3.05) is 0 Å². The molecule has 0 radical (unpaired) electrons. The van der Waals surface area contributed by atoms with Crippen molar-refractivity contribution in [1.82, 2.24) is 39.9 Å². The summed E-state index contributed by atoms with van der Waals surface area (Å²) in [5, 5.41) is 2.76. The lowest BCUT2D eigenvalue weighted by molar-refractivity contribution is 0.481. The third-order valence-electron chi connectivity index (χ3n) is 8.18. The number of H-pyrrole nitrogens is 2. The van der Waals surface area contributed by atoms with Crippen molar-refractivity contribution in [2.24, 2.45) is 0 Å². The van der Waals surface area contributed by atoms with Crippen molar-refractivity contribution in [3.8, 4) is 45.6 Å². The molecule has 14 nitrogen and oxygen atoms in total. The minimum absolute atomic E-state index is 0.00191. The average molecular weight is 675 g/mol. The molecule has 234 valence electrons. The number of hydrogen-bond acceptors (Lipinski definition) is 10. The van der Waals surface area contributed by atoms with E-state index in [1.165, 1.54) is 24.3 Å². The van der Waals surface area contributed by atoms with Crippen molar-refractivity contribution in [2.45, 2.75) is 9.79 Å². The summed E-state index contributed by atoms with van der Waals surface area (Å²) >= 11 is 0. The molecule has 8 bridgehead atoms. The van der Waals surface area contributed by atoms with E-state index < -0.39 is 30.0 Å². The summed E-state index contributed by atoms with van der Waals surface area (Å²) in [5.74, 6) is -0.125. The fraction of sp³-hybridized carbons (Fsp3) is 0. The molecule has 16 heteroatoms. The predicted molar refractivity (Wildman–Crippen MR) is 176 cm³/mol. The second kappa shape index (κ2) is 9.79. The molecule has 0 unspecified atom stereocenters. The van der Waals surface area contributed by atoms with Gasteiger partial charge in [0.15, 0.2) is 23.3 Å². The lowest BCUT2D eigenvalue weighted by Gasteiger charge is -2.05. The van der Waals surface area contributed by atoms with Crippen LogP contribution in [0.1, 0.15) is 0 Å². The highest BCUT2D eigenvalue weighted by atomic mass is 32.2.